The maximum absolute atomic E-state index is 13.9. The quantitative estimate of drug-likeness (QED) is 0.908. The highest BCUT2D eigenvalue weighted by molar-refractivity contribution is 5.96. The highest BCUT2D eigenvalue weighted by Gasteiger charge is 2.64. The lowest BCUT2D eigenvalue weighted by Crippen LogP contribution is -2.58. The van der Waals surface area contributed by atoms with Crippen LogP contribution in [-0.2, 0) is 4.79 Å². The number of hydrogen-bond acceptors (Lipinski definition) is 3. The highest BCUT2D eigenvalue weighted by atomic mass is 19.4. The summed E-state index contributed by atoms with van der Waals surface area (Å²) in [5.74, 6) is -1.59. The SMILES string of the molecule is O=C(O)C1=Cc2ccccc2OC1(COc1ccccc1)C(F)(F)F. The standard InChI is InChI=1S/C18H13F3O4/c19-18(20,21)17(11-24-13-7-2-1-3-8-13)14(16(22)23)10-12-6-4-5-9-15(12)25-17/h1-10H,11H2,(H,22,23). The van der Waals surface area contributed by atoms with Crippen LogP contribution in [0.3, 0.4) is 0 Å². The van der Waals surface area contributed by atoms with Gasteiger partial charge in [0, 0.05) is 5.56 Å². The van der Waals surface area contributed by atoms with Crippen LogP contribution in [-0.4, -0.2) is 29.5 Å². The van der Waals surface area contributed by atoms with E-state index >= 15 is 0 Å². The lowest BCUT2D eigenvalue weighted by atomic mass is 9.88. The molecule has 0 fully saturated rings. The predicted octanol–water partition coefficient (Wildman–Crippen LogP) is 3.93. The van der Waals surface area contributed by atoms with Crippen LogP contribution >= 0.6 is 0 Å². The molecule has 130 valence electrons. The van der Waals surface area contributed by atoms with E-state index in [2.05, 4.69) is 0 Å². The van der Waals surface area contributed by atoms with Crippen LogP contribution in [0.4, 0.5) is 13.2 Å². The second kappa shape index (κ2) is 6.16. The van der Waals surface area contributed by atoms with E-state index in [4.69, 9.17) is 9.47 Å². The van der Waals surface area contributed by atoms with Gasteiger partial charge in [0.2, 0.25) is 0 Å². The van der Waals surface area contributed by atoms with Crippen molar-refractivity contribution in [2.24, 2.45) is 0 Å². The largest absolute Gasteiger partial charge is 0.489 e. The van der Waals surface area contributed by atoms with Crippen LogP contribution in [0.1, 0.15) is 5.56 Å². The van der Waals surface area contributed by atoms with Crippen molar-refractivity contribution < 1.29 is 32.5 Å². The van der Waals surface area contributed by atoms with Gasteiger partial charge in [0.25, 0.3) is 5.60 Å². The maximum atomic E-state index is 13.9. The topological polar surface area (TPSA) is 55.8 Å². The molecule has 0 spiro atoms. The summed E-state index contributed by atoms with van der Waals surface area (Å²) in [5.41, 5.74) is -3.77. The van der Waals surface area contributed by atoms with Crippen molar-refractivity contribution in [2.45, 2.75) is 11.8 Å². The van der Waals surface area contributed by atoms with Crippen molar-refractivity contribution >= 4 is 12.0 Å². The van der Waals surface area contributed by atoms with Gasteiger partial charge in [0.15, 0.2) is 0 Å². The van der Waals surface area contributed by atoms with E-state index in [1.54, 1.807) is 24.3 Å². The molecule has 1 aliphatic rings. The summed E-state index contributed by atoms with van der Waals surface area (Å²) in [5, 5.41) is 9.36. The summed E-state index contributed by atoms with van der Waals surface area (Å²) in [6.45, 7) is -1.02. The predicted molar refractivity (Wildman–Crippen MR) is 83.4 cm³/mol. The Labute approximate surface area is 141 Å². The summed E-state index contributed by atoms with van der Waals surface area (Å²) >= 11 is 0. The summed E-state index contributed by atoms with van der Waals surface area (Å²) in [6, 6.07) is 13.8. The molecule has 0 radical (unpaired) electrons. The van der Waals surface area contributed by atoms with Gasteiger partial charge in [0.1, 0.15) is 18.1 Å². The Kier molecular flexibility index (Phi) is 4.16. The minimum Gasteiger partial charge on any atom is -0.489 e. The van der Waals surface area contributed by atoms with E-state index in [0.717, 1.165) is 6.08 Å². The Morgan fingerprint density at radius 2 is 1.72 bits per heavy atom. The fraction of sp³-hybridized carbons (Fsp3) is 0.167. The van der Waals surface area contributed by atoms with E-state index < -0.39 is 29.9 Å². The van der Waals surface area contributed by atoms with Gasteiger partial charge in [-0.2, -0.15) is 13.2 Å². The number of hydrogen-bond donors (Lipinski definition) is 1. The van der Waals surface area contributed by atoms with Crippen molar-refractivity contribution in [3.8, 4) is 11.5 Å². The van der Waals surface area contributed by atoms with Crippen LogP contribution < -0.4 is 9.47 Å². The number of carboxylic acids is 1. The smallest absolute Gasteiger partial charge is 0.436 e. The zero-order valence-corrected chi connectivity index (χ0v) is 12.8. The molecular formula is C18H13F3O4. The molecule has 25 heavy (non-hydrogen) atoms. The normalized spacial score (nSPS) is 19.4. The lowest BCUT2D eigenvalue weighted by molar-refractivity contribution is -0.243. The first-order valence-electron chi connectivity index (χ1n) is 7.31. The van der Waals surface area contributed by atoms with Crippen molar-refractivity contribution in [3.63, 3.8) is 0 Å². The number of alkyl halides is 3. The number of para-hydroxylation sites is 2. The Bertz CT molecular complexity index is 815. The van der Waals surface area contributed by atoms with E-state index in [-0.39, 0.29) is 17.1 Å². The second-order valence-electron chi connectivity index (χ2n) is 5.43. The second-order valence-corrected chi connectivity index (χ2v) is 5.43. The minimum atomic E-state index is -5.00. The summed E-state index contributed by atoms with van der Waals surface area (Å²) in [6.07, 6.45) is -4.03. The number of aliphatic carboxylic acids is 1. The van der Waals surface area contributed by atoms with Crippen LogP contribution in [0.5, 0.6) is 11.5 Å². The first-order chi connectivity index (χ1) is 11.8. The van der Waals surface area contributed by atoms with Crippen molar-refractivity contribution in [1.82, 2.24) is 0 Å². The number of benzene rings is 2. The molecular weight excluding hydrogens is 337 g/mol. The van der Waals surface area contributed by atoms with Gasteiger partial charge in [-0.25, -0.2) is 4.79 Å². The van der Waals surface area contributed by atoms with Gasteiger partial charge in [-0.1, -0.05) is 36.4 Å². The fourth-order valence-electron chi connectivity index (χ4n) is 2.54. The fourth-order valence-corrected chi connectivity index (χ4v) is 2.54. The molecule has 3 rings (SSSR count). The molecule has 0 saturated carbocycles. The minimum absolute atomic E-state index is 0.0542. The zero-order valence-electron chi connectivity index (χ0n) is 12.8. The molecule has 0 aromatic heterocycles. The van der Waals surface area contributed by atoms with E-state index in [9.17, 15) is 23.1 Å². The molecule has 2 aromatic carbocycles. The first kappa shape index (κ1) is 16.9. The van der Waals surface area contributed by atoms with Gasteiger partial charge in [-0.15, -0.1) is 0 Å². The molecule has 1 unspecified atom stereocenters. The van der Waals surface area contributed by atoms with Gasteiger partial charge >= 0.3 is 12.1 Å². The van der Waals surface area contributed by atoms with Crippen LogP contribution in [0, 0.1) is 0 Å². The molecule has 1 aliphatic heterocycles. The molecule has 2 aromatic rings. The van der Waals surface area contributed by atoms with Crippen molar-refractivity contribution in [3.05, 3.63) is 65.7 Å². The molecule has 0 saturated heterocycles. The van der Waals surface area contributed by atoms with Gasteiger partial charge < -0.3 is 14.6 Å². The highest BCUT2D eigenvalue weighted by Crippen LogP contribution is 2.45. The van der Waals surface area contributed by atoms with Crippen LogP contribution in [0.25, 0.3) is 6.08 Å². The Balaban J connectivity index is 2.06. The van der Waals surface area contributed by atoms with Gasteiger partial charge in [-0.3, -0.25) is 0 Å². The van der Waals surface area contributed by atoms with E-state index in [0.29, 0.717) is 0 Å². The lowest BCUT2D eigenvalue weighted by Gasteiger charge is -2.38. The van der Waals surface area contributed by atoms with Gasteiger partial charge in [0.05, 0.1) is 5.57 Å². The third-order valence-corrected chi connectivity index (χ3v) is 3.81. The number of carbonyl (C=O) groups is 1. The Morgan fingerprint density at radius 1 is 1.08 bits per heavy atom. The number of rotatable bonds is 4. The number of ether oxygens (including phenoxy) is 2. The molecule has 1 atom stereocenters. The van der Waals surface area contributed by atoms with E-state index in [1.807, 2.05) is 0 Å². The molecule has 1 heterocycles. The third-order valence-electron chi connectivity index (χ3n) is 3.81. The van der Waals surface area contributed by atoms with Crippen LogP contribution in [0.2, 0.25) is 0 Å². The Morgan fingerprint density at radius 3 is 2.36 bits per heavy atom. The summed E-state index contributed by atoms with van der Waals surface area (Å²) in [7, 11) is 0. The summed E-state index contributed by atoms with van der Waals surface area (Å²) < 4.78 is 52.1. The average molecular weight is 350 g/mol. The number of fused-ring (bicyclic) bond motifs is 1. The maximum Gasteiger partial charge on any atom is 0.436 e. The van der Waals surface area contributed by atoms with Gasteiger partial charge in [-0.05, 0) is 24.3 Å². The van der Waals surface area contributed by atoms with Crippen molar-refractivity contribution in [1.29, 1.82) is 0 Å². The first-order valence-corrected chi connectivity index (χ1v) is 7.31. The summed E-state index contributed by atoms with van der Waals surface area (Å²) in [4.78, 5) is 11.5. The number of carboxylic acid groups (broad SMARTS) is 1. The Hall–Kier alpha value is -2.96. The molecule has 1 N–H and O–H groups in total. The average Bonchev–Trinajstić information content (AvgIpc) is 2.59. The zero-order chi connectivity index (χ0) is 18.1. The monoisotopic (exact) mass is 350 g/mol. The van der Waals surface area contributed by atoms with E-state index in [1.165, 1.54) is 30.3 Å². The molecule has 0 aliphatic carbocycles. The molecule has 0 bridgehead atoms. The van der Waals surface area contributed by atoms with Crippen molar-refractivity contribution in [2.75, 3.05) is 6.61 Å². The third kappa shape index (κ3) is 3.05. The number of halogens is 3. The molecule has 7 heteroatoms. The molecule has 0 amide bonds. The molecule has 4 nitrogen and oxygen atoms in total. The van der Waals surface area contributed by atoms with Crippen LogP contribution in [0.15, 0.2) is 60.2 Å².